The van der Waals surface area contributed by atoms with Crippen molar-refractivity contribution in [1.29, 1.82) is 0 Å². The molecule has 0 atom stereocenters. The molecule has 3 nitrogen and oxygen atoms in total. The Kier molecular flexibility index (Phi) is 4.11. The standard InChI is InChI=1S/C22H20N2O/c1-16-4-2-5-18(12-16)8-9-19-10-11-24-21(14-19)23-15-20(22(24)25)13-17-6-3-7-17/h2,4-5,10-12,14-15,17H,3,6-7,13H2,1H3. The van der Waals surface area contributed by atoms with E-state index in [4.69, 9.17) is 0 Å². The van der Waals surface area contributed by atoms with Crippen molar-refractivity contribution in [1.82, 2.24) is 9.38 Å². The van der Waals surface area contributed by atoms with Gasteiger partial charge in [-0.15, -0.1) is 0 Å². The molecule has 0 aliphatic heterocycles. The predicted octanol–water partition coefficient (Wildman–Crippen LogP) is 3.75. The molecule has 25 heavy (non-hydrogen) atoms. The second-order valence-electron chi connectivity index (χ2n) is 6.85. The summed E-state index contributed by atoms with van der Waals surface area (Å²) in [4.78, 5) is 17.1. The van der Waals surface area contributed by atoms with Gasteiger partial charge in [0.25, 0.3) is 5.56 Å². The van der Waals surface area contributed by atoms with Crippen molar-refractivity contribution in [2.75, 3.05) is 0 Å². The second kappa shape index (κ2) is 6.57. The molecular weight excluding hydrogens is 308 g/mol. The molecular formula is C22H20N2O. The monoisotopic (exact) mass is 328 g/mol. The fraction of sp³-hybridized carbons (Fsp3) is 0.273. The third kappa shape index (κ3) is 3.34. The Morgan fingerprint density at radius 1 is 1.16 bits per heavy atom. The van der Waals surface area contributed by atoms with Crippen LogP contribution in [0.1, 0.15) is 41.5 Å². The lowest BCUT2D eigenvalue weighted by Crippen LogP contribution is -2.23. The van der Waals surface area contributed by atoms with Crippen molar-refractivity contribution >= 4 is 5.65 Å². The van der Waals surface area contributed by atoms with Crippen LogP contribution in [0.15, 0.2) is 53.6 Å². The highest BCUT2D eigenvalue weighted by molar-refractivity contribution is 5.50. The van der Waals surface area contributed by atoms with Gasteiger partial charge in [0.15, 0.2) is 0 Å². The van der Waals surface area contributed by atoms with Crippen LogP contribution in [-0.2, 0) is 6.42 Å². The normalized spacial score (nSPS) is 14.0. The van der Waals surface area contributed by atoms with E-state index < -0.39 is 0 Å². The molecule has 1 aromatic carbocycles. The molecule has 1 aliphatic rings. The van der Waals surface area contributed by atoms with Gasteiger partial charge in [0.1, 0.15) is 5.65 Å². The summed E-state index contributed by atoms with van der Waals surface area (Å²) in [5.41, 5.74) is 4.56. The number of benzene rings is 1. The Hall–Kier alpha value is -2.86. The Bertz CT molecular complexity index is 1050. The lowest BCUT2D eigenvalue weighted by Gasteiger charge is -2.24. The first-order valence-corrected chi connectivity index (χ1v) is 8.78. The molecule has 2 aromatic heterocycles. The van der Waals surface area contributed by atoms with E-state index in [-0.39, 0.29) is 5.56 Å². The van der Waals surface area contributed by atoms with Gasteiger partial charge in [-0.3, -0.25) is 9.20 Å². The minimum Gasteiger partial charge on any atom is -0.269 e. The van der Waals surface area contributed by atoms with Crippen LogP contribution >= 0.6 is 0 Å². The molecule has 1 aliphatic carbocycles. The van der Waals surface area contributed by atoms with Crippen LogP contribution < -0.4 is 5.56 Å². The second-order valence-corrected chi connectivity index (χ2v) is 6.85. The number of hydrogen-bond acceptors (Lipinski definition) is 2. The van der Waals surface area contributed by atoms with E-state index in [2.05, 4.69) is 35.9 Å². The molecule has 1 fully saturated rings. The summed E-state index contributed by atoms with van der Waals surface area (Å²) >= 11 is 0. The average Bonchev–Trinajstić information content (AvgIpc) is 2.58. The molecule has 0 amide bonds. The maximum Gasteiger partial charge on any atom is 0.261 e. The number of fused-ring (bicyclic) bond motifs is 1. The van der Waals surface area contributed by atoms with Crippen molar-refractivity contribution in [2.24, 2.45) is 5.92 Å². The smallest absolute Gasteiger partial charge is 0.261 e. The van der Waals surface area contributed by atoms with E-state index in [0.717, 1.165) is 23.1 Å². The Balaban J connectivity index is 1.64. The molecule has 1 saturated carbocycles. The van der Waals surface area contributed by atoms with Gasteiger partial charge in [-0.2, -0.15) is 0 Å². The quantitative estimate of drug-likeness (QED) is 0.672. The number of aryl methyl sites for hydroxylation is 1. The summed E-state index contributed by atoms with van der Waals surface area (Å²) in [6, 6.07) is 11.9. The molecule has 0 radical (unpaired) electrons. The molecule has 0 N–H and O–H groups in total. The van der Waals surface area contributed by atoms with Gasteiger partial charge in [0.2, 0.25) is 0 Å². The number of rotatable bonds is 2. The highest BCUT2D eigenvalue weighted by atomic mass is 16.1. The molecule has 0 unspecified atom stereocenters. The summed E-state index contributed by atoms with van der Waals surface area (Å²) in [6.07, 6.45) is 8.13. The zero-order valence-corrected chi connectivity index (χ0v) is 14.3. The fourth-order valence-corrected chi connectivity index (χ4v) is 3.21. The Morgan fingerprint density at radius 2 is 1.96 bits per heavy atom. The summed E-state index contributed by atoms with van der Waals surface area (Å²) in [5.74, 6) is 6.99. The SMILES string of the molecule is Cc1cccc(C#Cc2ccn3c(=O)c(CC4CCC4)cnc3c2)c1. The molecule has 3 heteroatoms. The first-order valence-electron chi connectivity index (χ1n) is 8.78. The van der Waals surface area contributed by atoms with E-state index in [1.54, 1.807) is 16.8 Å². The van der Waals surface area contributed by atoms with Crippen LogP contribution in [0, 0.1) is 24.7 Å². The first-order chi connectivity index (χ1) is 12.2. The van der Waals surface area contributed by atoms with Crippen molar-refractivity contribution < 1.29 is 0 Å². The highest BCUT2D eigenvalue weighted by Gasteiger charge is 2.19. The maximum absolute atomic E-state index is 12.6. The molecule has 2 heterocycles. The van der Waals surface area contributed by atoms with E-state index in [0.29, 0.717) is 11.6 Å². The van der Waals surface area contributed by atoms with Gasteiger partial charge in [0, 0.05) is 29.1 Å². The summed E-state index contributed by atoms with van der Waals surface area (Å²) in [5, 5.41) is 0. The van der Waals surface area contributed by atoms with Crippen molar-refractivity contribution in [3.63, 3.8) is 0 Å². The van der Waals surface area contributed by atoms with Gasteiger partial charge in [-0.05, 0) is 49.1 Å². The fourth-order valence-electron chi connectivity index (χ4n) is 3.21. The summed E-state index contributed by atoms with van der Waals surface area (Å²) < 4.78 is 1.63. The van der Waals surface area contributed by atoms with Crippen LogP contribution in [0.25, 0.3) is 5.65 Å². The van der Waals surface area contributed by atoms with Crippen LogP contribution in [0.5, 0.6) is 0 Å². The van der Waals surface area contributed by atoms with Crippen LogP contribution in [-0.4, -0.2) is 9.38 Å². The minimum absolute atomic E-state index is 0.0510. The highest BCUT2D eigenvalue weighted by Crippen LogP contribution is 2.28. The molecule has 124 valence electrons. The topological polar surface area (TPSA) is 34.4 Å². The first kappa shape index (κ1) is 15.7. The van der Waals surface area contributed by atoms with Crippen molar-refractivity contribution in [3.8, 4) is 11.8 Å². The molecule has 0 spiro atoms. The van der Waals surface area contributed by atoms with Gasteiger partial charge in [-0.25, -0.2) is 4.98 Å². The van der Waals surface area contributed by atoms with E-state index >= 15 is 0 Å². The predicted molar refractivity (Wildman–Crippen MR) is 99.7 cm³/mol. The molecule has 3 aromatic rings. The maximum atomic E-state index is 12.6. The third-order valence-corrected chi connectivity index (χ3v) is 4.88. The Labute approximate surface area is 147 Å². The lowest BCUT2D eigenvalue weighted by molar-refractivity contribution is 0.313. The molecule has 0 saturated heterocycles. The largest absolute Gasteiger partial charge is 0.269 e. The van der Waals surface area contributed by atoms with Crippen molar-refractivity contribution in [3.05, 3.63) is 81.4 Å². The van der Waals surface area contributed by atoms with Gasteiger partial charge in [0.05, 0.1) is 0 Å². The summed E-state index contributed by atoms with van der Waals surface area (Å²) in [6.45, 7) is 2.05. The van der Waals surface area contributed by atoms with E-state index in [1.807, 2.05) is 24.3 Å². The number of nitrogens with zero attached hydrogens (tertiary/aromatic N) is 2. The minimum atomic E-state index is 0.0510. The van der Waals surface area contributed by atoms with Gasteiger partial charge < -0.3 is 0 Å². The van der Waals surface area contributed by atoms with Crippen LogP contribution in [0.2, 0.25) is 0 Å². The zero-order valence-electron chi connectivity index (χ0n) is 14.3. The molecule has 4 rings (SSSR count). The van der Waals surface area contributed by atoms with Crippen LogP contribution in [0.4, 0.5) is 0 Å². The zero-order chi connectivity index (χ0) is 17.2. The van der Waals surface area contributed by atoms with Gasteiger partial charge >= 0.3 is 0 Å². The number of pyridine rings is 1. The van der Waals surface area contributed by atoms with E-state index in [9.17, 15) is 4.79 Å². The number of hydrogen-bond donors (Lipinski definition) is 0. The van der Waals surface area contributed by atoms with Gasteiger partial charge in [-0.1, -0.05) is 43.2 Å². The summed E-state index contributed by atoms with van der Waals surface area (Å²) in [7, 11) is 0. The Morgan fingerprint density at radius 3 is 2.68 bits per heavy atom. The third-order valence-electron chi connectivity index (χ3n) is 4.88. The van der Waals surface area contributed by atoms with E-state index in [1.165, 1.54) is 24.8 Å². The molecule has 0 bridgehead atoms. The number of aromatic nitrogens is 2. The van der Waals surface area contributed by atoms with Crippen molar-refractivity contribution in [2.45, 2.75) is 32.6 Å². The lowest BCUT2D eigenvalue weighted by atomic mass is 9.81. The van der Waals surface area contributed by atoms with Crippen LogP contribution in [0.3, 0.4) is 0 Å². The average molecular weight is 328 g/mol.